The zero-order chi connectivity index (χ0) is 14.9. The lowest BCUT2D eigenvalue weighted by molar-refractivity contribution is -0.144. The first-order chi connectivity index (χ1) is 9.39. The van der Waals surface area contributed by atoms with Crippen molar-refractivity contribution in [2.75, 3.05) is 5.32 Å². The Hall–Kier alpha value is -2.03. The quantitative estimate of drug-likeness (QED) is 0.881. The maximum Gasteiger partial charge on any atom is 0.329 e. The van der Waals surface area contributed by atoms with Crippen molar-refractivity contribution in [1.82, 2.24) is 9.78 Å². The number of anilines is 1. The Morgan fingerprint density at radius 1 is 1.65 bits per heavy atom. The molecule has 6 heteroatoms. The molecular formula is C14H20N4O2. The van der Waals surface area contributed by atoms with Crippen molar-refractivity contribution in [3.63, 3.8) is 0 Å². The normalized spacial score (nSPS) is 26.0. The van der Waals surface area contributed by atoms with Crippen LogP contribution in [-0.4, -0.2) is 26.4 Å². The number of nitrogens with zero attached hydrogens (tertiary/aromatic N) is 3. The highest BCUT2D eigenvalue weighted by molar-refractivity contribution is 5.83. The Balaban J connectivity index is 2.39. The van der Waals surface area contributed by atoms with Gasteiger partial charge in [-0.25, -0.2) is 4.79 Å². The van der Waals surface area contributed by atoms with Crippen LogP contribution in [0.2, 0.25) is 0 Å². The minimum absolute atomic E-state index is 0.354. The van der Waals surface area contributed by atoms with E-state index in [4.69, 9.17) is 0 Å². The van der Waals surface area contributed by atoms with Crippen molar-refractivity contribution >= 4 is 11.8 Å². The molecule has 0 bridgehead atoms. The van der Waals surface area contributed by atoms with Crippen LogP contribution in [0.3, 0.4) is 0 Å². The van der Waals surface area contributed by atoms with Crippen LogP contribution in [0.15, 0.2) is 0 Å². The summed E-state index contributed by atoms with van der Waals surface area (Å²) in [5.41, 5.74) is 0.0389. The van der Waals surface area contributed by atoms with Gasteiger partial charge in [-0.05, 0) is 25.7 Å². The first-order valence-electron chi connectivity index (χ1n) is 6.85. The van der Waals surface area contributed by atoms with Crippen LogP contribution < -0.4 is 5.32 Å². The average molecular weight is 276 g/mol. The summed E-state index contributed by atoms with van der Waals surface area (Å²) in [5, 5.41) is 26.2. The molecule has 2 rings (SSSR count). The topological polar surface area (TPSA) is 90.9 Å². The molecule has 1 aliphatic rings. The van der Waals surface area contributed by atoms with Gasteiger partial charge in [0.15, 0.2) is 0 Å². The largest absolute Gasteiger partial charge is 0.480 e. The SMILES string of the molecule is Cc1nn(C)c(NC2(C(=O)O)CCCC(C)C2)c1C#N. The molecule has 0 aliphatic heterocycles. The lowest BCUT2D eigenvalue weighted by atomic mass is 9.76. The van der Waals surface area contributed by atoms with Crippen LogP contribution in [0.5, 0.6) is 0 Å². The smallest absolute Gasteiger partial charge is 0.329 e. The standard InChI is InChI=1S/C14H20N4O2/c1-9-5-4-6-14(7-9,13(19)20)16-12-11(8-15)10(2)17-18(12)3/h9,16H,4-7H2,1-3H3,(H,19,20). The number of hydrogen-bond donors (Lipinski definition) is 2. The summed E-state index contributed by atoms with van der Waals surface area (Å²) < 4.78 is 1.55. The number of aromatic nitrogens is 2. The second-order valence-corrected chi connectivity index (χ2v) is 5.76. The molecule has 2 unspecified atom stereocenters. The van der Waals surface area contributed by atoms with Gasteiger partial charge < -0.3 is 10.4 Å². The first-order valence-corrected chi connectivity index (χ1v) is 6.85. The number of nitrogens with one attached hydrogen (secondary N) is 1. The second-order valence-electron chi connectivity index (χ2n) is 5.76. The van der Waals surface area contributed by atoms with E-state index in [0.717, 1.165) is 12.8 Å². The van der Waals surface area contributed by atoms with E-state index in [0.29, 0.717) is 35.8 Å². The van der Waals surface area contributed by atoms with Crippen LogP contribution >= 0.6 is 0 Å². The maximum atomic E-state index is 11.8. The van der Waals surface area contributed by atoms with E-state index in [-0.39, 0.29) is 0 Å². The molecule has 1 aromatic heterocycles. The molecule has 1 aromatic rings. The zero-order valence-electron chi connectivity index (χ0n) is 12.1. The van der Waals surface area contributed by atoms with Crippen molar-refractivity contribution in [2.45, 2.75) is 45.1 Å². The molecule has 1 fully saturated rings. The second kappa shape index (κ2) is 5.16. The molecular weight excluding hydrogens is 256 g/mol. The number of carbonyl (C=O) groups is 1. The highest BCUT2D eigenvalue weighted by Crippen LogP contribution is 2.36. The third-order valence-electron chi connectivity index (χ3n) is 4.10. The van der Waals surface area contributed by atoms with E-state index in [1.807, 2.05) is 0 Å². The highest BCUT2D eigenvalue weighted by atomic mass is 16.4. The molecule has 1 saturated carbocycles. The third kappa shape index (κ3) is 2.36. The number of hydrogen-bond acceptors (Lipinski definition) is 4. The molecule has 20 heavy (non-hydrogen) atoms. The molecule has 1 heterocycles. The molecule has 0 spiro atoms. The molecule has 0 amide bonds. The van der Waals surface area contributed by atoms with Gasteiger partial charge in [0.1, 0.15) is 23.0 Å². The van der Waals surface area contributed by atoms with Gasteiger partial charge in [-0.2, -0.15) is 10.4 Å². The number of carboxylic acid groups (broad SMARTS) is 1. The summed E-state index contributed by atoms with van der Waals surface area (Å²) in [7, 11) is 1.72. The van der Waals surface area contributed by atoms with Crippen molar-refractivity contribution in [1.29, 1.82) is 5.26 Å². The Morgan fingerprint density at radius 2 is 2.35 bits per heavy atom. The number of nitriles is 1. The molecule has 1 aliphatic carbocycles. The Kier molecular flexibility index (Phi) is 3.71. The minimum Gasteiger partial charge on any atom is -0.480 e. The highest BCUT2D eigenvalue weighted by Gasteiger charge is 2.43. The van der Waals surface area contributed by atoms with Gasteiger partial charge in [0.05, 0.1) is 5.69 Å². The Morgan fingerprint density at radius 3 is 2.90 bits per heavy atom. The summed E-state index contributed by atoms with van der Waals surface area (Å²) in [6.45, 7) is 3.82. The van der Waals surface area contributed by atoms with Crippen LogP contribution in [0.4, 0.5) is 5.82 Å². The monoisotopic (exact) mass is 276 g/mol. The van der Waals surface area contributed by atoms with Gasteiger partial charge in [0, 0.05) is 7.05 Å². The van der Waals surface area contributed by atoms with Crippen molar-refractivity contribution in [2.24, 2.45) is 13.0 Å². The van der Waals surface area contributed by atoms with E-state index in [9.17, 15) is 15.2 Å². The van der Waals surface area contributed by atoms with E-state index < -0.39 is 11.5 Å². The summed E-state index contributed by atoms with van der Waals surface area (Å²) >= 11 is 0. The zero-order valence-corrected chi connectivity index (χ0v) is 12.1. The van der Waals surface area contributed by atoms with Gasteiger partial charge in [0.25, 0.3) is 0 Å². The lowest BCUT2D eigenvalue weighted by Crippen LogP contribution is -2.50. The van der Waals surface area contributed by atoms with Gasteiger partial charge in [-0.3, -0.25) is 4.68 Å². The molecule has 0 radical (unpaired) electrons. The summed E-state index contributed by atoms with van der Waals surface area (Å²) in [4.78, 5) is 11.8. The van der Waals surface area contributed by atoms with E-state index in [2.05, 4.69) is 23.4 Å². The number of rotatable bonds is 3. The average Bonchev–Trinajstić information content (AvgIpc) is 2.63. The maximum absolute atomic E-state index is 11.8. The van der Waals surface area contributed by atoms with Crippen LogP contribution in [0.25, 0.3) is 0 Å². The minimum atomic E-state index is -0.997. The molecule has 2 N–H and O–H groups in total. The fraction of sp³-hybridized carbons (Fsp3) is 0.643. The lowest BCUT2D eigenvalue weighted by Gasteiger charge is -2.37. The van der Waals surface area contributed by atoms with Crippen molar-refractivity contribution < 1.29 is 9.90 Å². The van der Waals surface area contributed by atoms with Gasteiger partial charge in [-0.1, -0.05) is 19.8 Å². The summed E-state index contributed by atoms with van der Waals surface area (Å²) in [6.07, 6.45) is 3.06. The van der Waals surface area contributed by atoms with Gasteiger partial charge in [-0.15, -0.1) is 0 Å². The molecule has 0 aromatic carbocycles. The fourth-order valence-electron chi connectivity index (χ4n) is 3.07. The van der Waals surface area contributed by atoms with Crippen molar-refractivity contribution in [3.05, 3.63) is 11.3 Å². The molecule has 2 atom stereocenters. The molecule has 6 nitrogen and oxygen atoms in total. The first kappa shape index (κ1) is 14.4. The predicted molar refractivity (Wildman–Crippen MR) is 74.3 cm³/mol. The summed E-state index contributed by atoms with van der Waals surface area (Å²) in [6, 6.07) is 2.10. The van der Waals surface area contributed by atoms with Crippen LogP contribution in [0.1, 0.15) is 43.9 Å². The van der Waals surface area contributed by atoms with Crippen LogP contribution in [-0.2, 0) is 11.8 Å². The fourth-order valence-corrected chi connectivity index (χ4v) is 3.07. The number of carboxylic acids is 1. The van der Waals surface area contributed by atoms with Crippen LogP contribution in [0, 0.1) is 24.2 Å². The molecule has 108 valence electrons. The van der Waals surface area contributed by atoms with Crippen molar-refractivity contribution in [3.8, 4) is 6.07 Å². The van der Waals surface area contributed by atoms with Gasteiger partial charge in [0.2, 0.25) is 0 Å². The number of aliphatic carboxylic acids is 1. The Labute approximate surface area is 118 Å². The summed E-state index contributed by atoms with van der Waals surface area (Å²) in [5.74, 6) is 0.000466. The third-order valence-corrected chi connectivity index (χ3v) is 4.10. The van der Waals surface area contributed by atoms with Gasteiger partial charge >= 0.3 is 5.97 Å². The predicted octanol–water partition coefficient (Wildman–Crippen LogP) is 2.05. The van der Waals surface area contributed by atoms with E-state index >= 15 is 0 Å². The Bertz CT molecular complexity index is 572. The molecule has 0 saturated heterocycles. The van der Waals surface area contributed by atoms with E-state index in [1.165, 1.54) is 0 Å². The van der Waals surface area contributed by atoms with E-state index in [1.54, 1.807) is 18.7 Å². The number of aryl methyl sites for hydroxylation is 2.